The van der Waals surface area contributed by atoms with Gasteiger partial charge in [-0.3, -0.25) is 20.0 Å². The lowest BCUT2D eigenvalue weighted by atomic mass is 10.1. The first kappa shape index (κ1) is 19.9. The molecule has 0 radical (unpaired) electrons. The SMILES string of the molecule is Cl.O=[N+]([O-])c1ccc(-c2noc(CN3CCNCC3c3cccnc3)n2)cc1. The first-order valence-electron chi connectivity index (χ1n) is 8.63. The quantitative estimate of drug-likeness (QED) is 0.512. The van der Waals surface area contributed by atoms with Gasteiger partial charge in [-0.1, -0.05) is 11.2 Å². The molecule has 0 aliphatic carbocycles. The van der Waals surface area contributed by atoms with Crippen molar-refractivity contribution < 1.29 is 9.45 Å². The largest absolute Gasteiger partial charge is 0.338 e. The number of hydrogen-bond acceptors (Lipinski definition) is 8. The van der Waals surface area contributed by atoms with Crippen LogP contribution in [0.2, 0.25) is 0 Å². The standard InChI is InChI=1S/C18H18N6O3.ClH/c25-24(26)15-5-3-13(4-6-15)18-21-17(27-22-18)12-23-9-8-20-11-16(23)14-2-1-7-19-10-14;/h1-7,10,16,20H,8-9,11-12H2;1H. The molecule has 1 N–H and O–H groups in total. The second kappa shape index (κ2) is 8.87. The van der Waals surface area contributed by atoms with Crippen molar-refractivity contribution >= 4 is 18.1 Å². The minimum atomic E-state index is -0.436. The smallest absolute Gasteiger partial charge is 0.269 e. The van der Waals surface area contributed by atoms with Gasteiger partial charge in [0, 0.05) is 55.8 Å². The Bertz CT molecular complexity index is 919. The second-order valence-corrected chi connectivity index (χ2v) is 6.29. The highest BCUT2D eigenvalue weighted by molar-refractivity contribution is 5.85. The Morgan fingerprint density at radius 1 is 1.29 bits per heavy atom. The van der Waals surface area contributed by atoms with Crippen LogP contribution in [0.4, 0.5) is 5.69 Å². The molecule has 3 heterocycles. The zero-order valence-electron chi connectivity index (χ0n) is 14.9. The maximum absolute atomic E-state index is 10.8. The van der Waals surface area contributed by atoms with Crippen LogP contribution >= 0.6 is 12.4 Å². The summed E-state index contributed by atoms with van der Waals surface area (Å²) in [5, 5.41) is 18.2. The van der Waals surface area contributed by atoms with Crippen molar-refractivity contribution in [2.45, 2.75) is 12.6 Å². The third-order valence-corrected chi connectivity index (χ3v) is 4.57. The van der Waals surface area contributed by atoms with Crippen molar-refractivity contribution in [2.75, 3.05) is 19.6 Å². The number of halogens is 1. The van der Waals surface area contributed by atoms with Gasteiger partial charge in [-0.25, -0.2) is 0 Å². The summed E-state index contributed by atoms with van der Waals surface area (Å²) >= 11 is 0. The Morgan fingerprint density at radius 2 is 2.11 bits per heavy atom. The summed E-state index contributed by atoms with van der Waals surface area (Å²) in [5.41, 5.74) is 1.85. The number of hydrogen-bond donors (Lipinski definition) is 1. The molecule has 9 nitrogen and oxygen atoms in total. The van der Waals surface area contributed by atoms with Crippen LogP contribution in [-0.2, 0) is 6.54 Å². The van der Waals surface area contributed by atoms with E-state index in [1.54, 1.807) is 18.3 Å². The van der Waals surface area contributed by atoms with Crippen molar-refractivity contribution in [3.05, 3.63) is 70.4 Å². The molecule has 28 heavy (non-hydrogen) atoms. The zero-order valence-corrected chi connectivity index (χ0v) is 15.7. The fourth-order valence-electron chi connectivity index (χ4n) is 3.18. The highest BCUT2D eigenvalue weighted by Gasteiger charge is 2.25. The van der Waals surface area contributed by atoms with Crippen molar-refractivity contribution in [3.63, 3.8) is 0 Å². The van der Waals surface area contributed by atoms with E-state index in [1.807, 2.05) is 12.3 Å². The molecule has 1 atom stereocenters. The first-order valence-corrected chi connectivity index (χ1v) is 8.63. The van der Waals surface area contributed by atoms with E-state index in [-0.39, 0.29) is 24.1 Å². The normalized spacial score (nSPS) is 17.1. The van der Waals surface area contributed by atoms with Gasteiger partial charge < -0.3 is 9.84 Å². The second-order valence-electron chi connectivity index (χ2n) is 6.29. The number of benzene rings is 1. The van der Waals surface area contributed by atoms with Crippen LogP contribution in [0.5, 0.6) is 0 Å². The molecular weight excluding hydrogens is 384 g/mol. The molecule has 1 aliphatic heterocycles. The number of aromatic nitrogens is 3. The number of non-ortho nitro benzene ring substituents is 1. The molecule has 0 saturated carbocycles. The lowest BCUT2D eigenvalue weighted by Gasteiger charge is -2.35. The molecule has 3 aromatic rings. The van der Waals surface area contributed by atoms with Gasteiger partial charge in [0.1, 0.15) is 0 Å². The molecule has 1 fully saturated rings. The Morgan fingerprint density at radius 3 is 2.82 bits per heavy atom. The molecule has 0 bridgehead atoms. The zero-order chi connectivity index (χ0) is 18.6. The summed E-state index contributed by atoms with van der Waals surface area (Å²) in [6.07, 6.45) is 3.64. The van der Waals surface area contributed by atoms with Crippen molar-refractivity contribution in [2.24, 2.45) is 0 Å². The van der Waals surface area contributed by atoms with E-state index >= 15 is 0 Å². The fraction of sp³-hybridized carbons (Fsp3) is 0.278. The van der Waals surface area contributed by atoms with Gasteiger partial charge in [0.2, 0.25) is 11.7 Å². The number of nitrogens with zero attached hydrogens (tertiary/aromatic N) is 5. The molecule has 2 aromatic heterocycles. The van der Waals surface area contributed by atoms with E-state index in [4.69, 9.17) is 4.52 Å². The van der Waals surface area contributed by atoms with Crippen LogP contribution in [0.15, 0.2) is 53.3 Å². The van der Waals surface area contributed by atoms with Crippen molar-refractivity contribution in [3.8, 4) is 11.4 Å². The van der Waals surface area contributed by atoms with Gasteiger partial charge in [0.05, 0.1) is 11.5 Å². The van der Waals surface area contributed by atoms with Crippen LogP contribution in [0.3, 0.4) is 0 Å². The van der Waals surface area contributed by atoms with E-state index < -0.39 is 4.92 Å². The predicted molar refractivity (Wildman–Crippen MR) is 104 cm³/mol. The summed E-state index contributed by atoms with van der Waals surface area (Å²) in [5.74, 6) is 0.937. The average molecular weight is 403 g/mol. The Kier molecular flexibility index (Phi) is 6.30. The Labute approximate surface area is 167 Å². The van der Waals surface area contributed by atoms with Gasteiger partial charge >= 0.3 is 0 Å². The van der Waals surface area contributed by atoms with Gasteiger partial charge in [-0.2, -0.15) is 4.98 Å². The minimum Gasteiger partial charge on any atom is -0.338 e. The first-order chi connectivity index (χ1) is 13.2. The monoisotopic (exact) mass is 402 g/mol. The van der Waals surface area contributed by atoms with Gasteiger partial charge in [0.15, 0.2) is 0 Å². The van der Waals surface area contributed by atoms with Crippen LogP contribution in [0.25, 0.3) is 11.4 Å². The maximum Gasteiger partial charge on any atom is 0.269 e. The van der Waals surface area contributed by atoms with E-state index in [0.29, 0.717) is 23.8 Å². The topological polar surface area (TPSA) is 110 Å². The number of nitro groups is 1. The van der Waals surface area contributed by atoms with E-state index in [9.17, 15) is 10.1 Å². The van der Waals surface area contributed by atoms with E-state index in [1.165, 1.54) is 12.1 Å². The van der Waals surface area contributed by atoms with Crippen LogP contribution in [0, 0.1) is 10.1 Å². The molecule has 1 aromatic carbocycles. The molecule has 0 spiro atoms. The fourth-order valence-corrected chi connectivity index (χ4v) is 3.18. The van der Waals surface area contributed by atoms with Crippen molar-refractivity contribution in [1.29, 1.82) is 0 Å². The van der Waals surface area contributed by atoms with E-state index in [2.05, 4.69) is 31.4 Å². The van der Waals surface area contributed by atoms with Crippen LogP contribution in [-0.4, -0.2) is 44.6 Å². The lowest BCUT2D eigenvalue weighted by Crippen LogP contribution is -2.45. The van der Waals surface area contributed by atoms with Crippen LogP contribution < -0.4 is 5.32 Å². The summed E-state index contributed by atoms with van der Waals surface area (Å²) in [4.78, 5) is 21.3. The van der Waals surface area contributed by atoms with Crippen molar-refractivity contribution in [1.82, 2.24) is 25.3 Å². The molecule has 1 aliphatic rings. The third-order valence-electron chi connectivity index (χ3n) is 4.57. The number of rotatable bonds is 5. The summed E-state index contributed by atoms with van der Waals surface area (Å²) in [6, 6.07) is 10.3. The minimum absolute atomic E-state index is 0. The van der Waals surface area contributed by atoms with Gasteiger partial charge in [-0.05, 0) is 23.8 Å². The molecule has 1 saturated heterocycles. The molecule has 0 amide bonds. The summed E-state index contributed by atoms with van der Waals surface area (Å²) in [7, 11) is 0. The lowest BCUT2D eigenvalue weighted by molar-refractivity contribution is -0.384. The molecule has 10 heteroatoms. The number of nitro benzene ring substituents is 1. The van der Waals surface area contributed by atoms with Gasteiger partial charge in [0.25, 0.3) is 5.69 Å². The molecular formula is C18H19ClN6O3. The molecule has 146 valence electrons. The highest BCUT2D eigenvalue weighted by atomic mass is 35.5. The average Bonchev–Trinajstić information content (AvgIpc) is 3.18. The summed E-state index contributed by atoms with van der Waals surface area (Å²) in [6.45, 7) is 3.10. The highest BCUT2D eigenvalue weighted by Crippen LogP contribution is 2.24. The molecule has 1 unspecified atom stereocenters. The predicted octanol–water partition coefficient (Wildman–Crippen LogP) is 2.61. The van der Waals surface area contributed by atoms with E-state index in [0.717, 1.165) is 25.2 Å². The third kappa shape index (κ3) is 4.33. The number of piperazine rings is 1. The Balaban J connectivity index is 0.00000225. The van der Waals surface area contributed by atoms with Gasteiger partial charge in [-0.15, -0.1) is 12.4 Å². The Hall–Kier alpha value is -2.88. The number of pyridine rings is 1. The van der Waals surface area contributed by atoms with Crippen LogP contribution in [0.1, 0.15) is 17.5 Å². The maximum atomic E-state index is 10.8. The molecule has 4 rings (SSSR count). The summed E-state index contributed by atoms with van der Waals surface area (Å²) < 4.78 is 5.41. The number of nitrogens with one attached hydrogen (secondary N) is 1.